The van der Waals surface area contributed by atoms with Gasteiger partial charge in [-0.15, -0.1) is 0 Å². The van der Waals surface area contributed by atoms with Crippen LogP contribution in [0.2, 0.25) is 0 Å². The molecule has 8 nitrogen and oxygen atoms in total. The second-order valence-electron chi connectivity index (χ2n) is 12.6. The minimum Gasteiger partial charge on any atom is -0.396 e. The fourth-order valence-electron chi connectivity index (χ4n) is 6.54. The Morgan fingerprint density at radius 2 is 1.26 bits per heavy atom. The van der Waals surface area contributed by atoms with Gasteiger partial charge in [-0.2, -0.15) is 0 Å². The number of aliphatic hydroxyl groups excluding tert-OH is 4. The van der Waals surface area contributed by atoms with Crippen molar-refractivity contribution in [1.82, 2.24) is 0 Å². The molecule has 0 heterocycles. The standard InChI is InChI=1S/C39H44O8/c40-21-32-20-34(36(42)37(43)35(32)41)47-38-31(25-44-22-28-15-16-29-13-7-8-14-30(29)19-28)17-18-33(45-23-26-9-3-1-4-10-26)39(38)46-24-27-11-5-2-6-12-27/h1-19,31-43H,20-25H2. The minimum absolute atomic E-state index is 0.168. The van der Waals surface area contributed by atoms with Crippen LogP contribution in [0.4, 0.5) is 0 Å². The van der Waals surface area contributed by atoms with Gasteiger partial charge in [-0.3, -0.25) is 0 Å². The van der Waals surface area contributed by atoms with Crippen LogP contribution in [0.1, 0.15) is 23.1 Å². The van der Waals surface area contributed by atoms with Crippen molar-refractivity contribution in [3.63, 3.8) is 0 Å². The van der Waals surface area contributed by atoms with Gasteiger partial charge in [-0.1, -0.05) is 109 Å². The van der Waals surface area contributed by atoms with Gasteiger partial charge in [0.15, 0.2) is 0 Å². The lowest BCUT2D eigenvalue weighted by Gasteiger charge is -2.45. The average Bonchev–Trinajstić information content (AvgIpc) is 3.11. The summed E-state index contributed by atoms with van der Waals surface area (Å²) < 4.78 is 26.0. The molecule has 0 bridgehead atoms. The second-order valence-corrected chi connectivity index (χ2v) is 12.6. The van der Waals surface area contributed by atoms with Crippen LogP contribution in [0, 0.1) is 11.8 Å². The number of hydrogen-bond donors (Lipinski definition) is 4. The van der Waals surface area contributed by atoms with Crippen LogP contribution in [-0.2, 0) is 38.8 Å². The van der Waals surface area contributed by atoms with Crippen molar-refractivity contribution in [1.29, 1.82) is 0 Å². The molecule has 4 aromatic carbocycles. The molecule has 9 atom stereocenters. The van der Waals surface area contributed by atoms with Crippen molar-refractivity contribution in [2.75, 3.05) is 13.2 Å². The van der Waals surface area contributed by atoms with Crippen LogP contribution in [0.25, 0.3) is 10.8 Å². The van der Waals surface area contributed by atoms with Crippen LogP contribution in [-0.4, -0.2) is 76.4 Å². The molecule has 0 aliphatic heterocycles. The Labute approximate surface area is 275 Å². The van der Waals surface area contributed by atoms with E-state index in [2.05, 4.69) is 30.3 Å². The lowest BCUT2D eigenvalue weighted by molar-refractivity contribution is -0.226. The quantitative estimate of drug-likeness (QED) is 0.157. The Bertz CT molecular complexity index is 1560. The van der Waals surface area contributed by atoms with Crippen molar-refractivity contribution in [3.05, 3.63) is 132 Å². The summed E-state index contributed by atoms with van der Waals surface area (Å²) in [5.41, 5.74) is 3.06. The van der Waals surface area contributed by atoms with Gasteiger partial charge in [0.2, 0.25) is 0 Å². The SMILES string of the molecule is OCC1CC(OC2C(COCc3ccc4ccccc4c3)C=CC(OCc3ccccc3)C2OCc2ccccc2)C(O)C(O)C1O. The van der Waals surface area contributed by atoms with Gasteiger partial charge >= 0.3 is 0 Å². The lowest BCUT2D eigenvalue weighted by Crippen LogP contribution is -2.58. The minimum atomic E-state index is -1.46. The Kier molecular flexibility index (Phi) is 11.5. The summed E-state index contributed by atoms with van der Waals surface area (Å²) in [6.45, 7) is 1.03. The zero-order valence-electron chi connectivity index (χ0n) is 26.3. The van der Waals surface area contributed by atoms with Crippen molar-refractivity contribution < 1.29 is 39.4 Å². The van der Waals surface area contributed by atoms with E-state index in [1.54, 1.807) is 0 Å². The number of benzene rings is 4. The van der Waals surface area contributed by atoms with Crippen molar-refractivity contribution in [2.45, 2.75) is 69.0 Å². The molecule has 6 rings (SSSR count). The van der Waals surface area contributed by atoms with E-state index in [4.69, 9.17) is 18.9 Å². The van der Waals surface area contributed by atoms with Gasteiger partial charge in [0.1, 0.15) is 24.4 Å². The van der Waals surface area contributed by atoms with Crippen LogP contribution in [0.5, 0.6) is 0 Å². The summed E-state index contributed by atoms with van der Waals surface area (Å²) >= 11 is 0. The summed E-state index contributed by atoms with van der Waals surface area (Å²) in [7, 11) is 0. The molecule has 1 saturated carbocycles. The van der Waals surface area contributed by atoms with Gasteiger partial charge < -0.3 is 39.4 Å². The van der Waals surface area contributed by atoms with Crippen molar-refractivity contribution in [2.24, 2.45) is 11.8 Å². The largest absolute Gasteiger partial charge is 0.396 e. The molecule has 0 amide bonds. The van der Waals surface area contributed by atoms with E-state index in [0.717, 1.165) is 22.1 Å². The molecular weight excluding hydrogens is 596 g/mol. The predicted octanol–water partition coefficient (Wildman–Crippen LogP) is 4.56. The molecule has 47 heavy (non-hydrogen) atoms. The maximum absolute atomic E-state index is 11.0. The zero-order valence-corrected chi connectivity index (χ0v) is 26.3. The Morgan fingerprint density at radius 1 is 0.596 bits per heavy atom. The lowest BCUT2D eigenvalue weighted by atomic mass is 9.80. The van der Waals surface area contributed by atoms with Crippen LogP contribution in [0.3, 0.4) is 0 Å². The molecule has 248 valence electrons. The van der Waals surface area contributed by atoms with E-state index < -0.39 is 48.6 Å². The molecule has 2 aliphatic rings. The molecule has 0 radical (unpaired) electrons. The average molecular weight is 641 g/mol. The fourth-order valence-corrected chi connectivity index (χ4v) is 6.54. The molecule has 8 heteroatoms. The number of rotatable bonds is 13. The first-order valence-electron chi connectivity index (χ1n) is 16.4. The molecule has 0 saturated heterocycles. The van der Waals surface area contributed by atoms with Gasteiger partial charge in [-0.05, 0) is 39.9 Å². The van der Waals surface area contributed by atoms with E-state index in [1.807, 2.05) is 84.9 Å². The molecule has 4 aromatic rings. The van der Waals surface area contributed by atoms with Gasteiger partial charge in [-0.25, -0.2) is 0 Å². The number of fused-ring (bicyclic) bond motifs is 1. The summed E-state index contributed by atoms with van der Waals surface area (Å²) in [6.07, 6.45) is -2.45. The number of ether oxygens (including phenoxy) is 4. The third-order valence-electron chi connectivity index (χ3n) is 9.25. The third kappa shape index (κ3) is 8.35. The summed E-state index contributed by atoms with van der Waals surface area (Å²) in [6, 6.07) is 34.2. The molecular formula is C39H44O8. The highest BCUT2D eigenvalue weighted by Crippen LogP contribution is 2.34. The number of aliphatic hydroxyl groups is 4. The normalized spacial score (nSPS) is 29.2. The van der Waals surface area contributed by atoms with E-state index in [-0.39, 0.29) is 18.9 Å². The maximum atomic E-state index is 11.0. The summed E-state index contributed by atoms with van der Waals surface area (Å²) in [4.78, 5) is 0. The van der Waals surface area contributed by atoms with Gasteiger partial charge in [0, 0.05) is 18.4 Å². The van der Waals surface area contributed by atoms with Crippen molar-refractivity contribution in [3.8, 4) is 0 Å². The van der Waals surface area contributed by atoms with Crippen LogP contribution in [0.15, 0.2) is 115 Å². The molecule has 2 aliphatic carbocycles. The first kappa shape index (κ1) is 33.5. The molecule has 9 unspecified atom stereocenters. The predicted molar refractivity (Wildman–Crippen MR) is 178 cm³/mol. The van der Waals surface area contributed by atoms with E-state index in [0.29, 0.717) is 26.4 Å². The topological polar surface area (TPSA) is 118 Å². The first-order valence-corrected chi connectivity index (χ1v) is 16.4. The smallest absolute Gasteiger partial charge is 0.114 e. The van der Waals surface area contributed by atoms with E-state index in [9.17, 15) is 20.4 Å². The third-order valence-corrected chi connectivity index (χ3v) is 9.25. The van der Waals surface area contributed by atoms with E-state index in [1.165, 1.54) is 5.39 Å². The molecule has 0 aromatic heterocycles. The fraction of sp³-hybridized carbons (Fsp3) is 0.385. The molecule has 0 spiro atoms. The van der Waals surface area contributed by atoms with Crippen molar-refractivity contribution >= 4 is 10.8 Å². The number of hydrogen-bond acceptors (Lipinski definition) is 8. The monoisotopic (exact) mass is 640 g/mol. The maximum Gasteiger partial charge on any atom is 0.114 e. The van der Waals surface area contributed by atoms with Gasteiger partial charge in [0.25, 0.3) is 0 Å². The highest BCUT2D eigenvalue weighted by atomic mass is 16.6. The van der Waals surface area contributed by atoms with E-state index >= 15 is 0 Å². The van der Waals surface area contributed by atoms with Crippen LogP contribution < -0.4 is 0 Å². The first-order chi connectivity index (χ1) is 23.0. The highest BCUT2D eigenvalue weighted by molar-refractivity contribution is 5.82. The molecule has 1 fully saturated rings. The summed E-state index contributed by atoms with van der Waals surface area (Å²) in [5, 5.41) is 44.4. The Morgan fingerprint density at radius 3 is 1.96 bits per heavy atom. The highest BCUT2D eigenvalue weighted by Gasteiger charge is 2.47. The second kappa shape index (κ2) is 16.1. The zero-order chi connectivity index (χ0) is 32.6. The molecule has 4 N–H and O–H groups in total. The Balaban J connectivity index is 1.25. The van der Waals surface area contributed by atoms with Gasteiger partial charge in [0.05, 0.1) is 44.7 Å². The Hall–Kier alpha value is -3.44. The summed E-state index contributed by atoms with van der Waals surface area (Å²) in [5.74, 6) is -0.925. The van der Waals surface area contributed by atoms with Crippen LogP contribution >= 0.6 is 0 Å².